The molecule has 9 heteroatoms. The van der Waals surface area contributed by atoms with Crippen molar-refractivity contribution < 1.29 is 31.1 Å². The fourth-order valence-electron chi connectivity index (χ4n) is 2.60. The number of rotatable bonds is 2. The van der Waals surface area contributed by atoms with Gasteiger partial charge in [-0.1, -0.05) is 6.07 Å². The van der Waals surface area contributed by atoms with E-state index in [9.17, 15) is 26.3 Å². The van der Waals surface area contributed by atoms with E-state index in [4.69, 9.17) is 10.5 Å². The van der Waals surface area contributed by atoms with Crippen molar-refractivity contribution in [3.8, 4) is 0 Å². The van der Waals surface area contributed by atoms with Gasteiger partial charge in [-0.15, -0.1) is 12.4 Å². The van der Waals surface area contributed by atoms with Crippen LogP contribution in [-0.2, 0) is 17.1 Å². The smallest absolute Gasteiger partial charge is 0.381 e. The summed E-state index contributed by atoms with van der Waals surface area (Å²) in [5.41, 5.74) is 2.94. The van der Waals surface area contributed by atoms with E-state index in [1.807, 2.05) is 0 Å². The molecule has 2 N–H and O–H groups in total. The molecule has 1 atom stereocenters. The van der Waals surface area contributed by atoms with Gasteiger partial charge in [0.25, 0.3) is 0 Å². The molecule has 0 bridgehead atoms. The Morgan fingerprint density at radius 2 is 1.57 bits per heavy atom. The van der Waals surface area contributed by atoms with Crippen molar-refractivity contribution in [1.29, 1.82) is 0 Å². The molecule has 0 radical (unpaired) electrons. The summed E-state index contributed by atoms with van der Waals surface area (Å²) in [6.45, 7) is 0.778. The highest BCUT2D eigenvalue weighted by Gasteiger charge is 2.40. The molecule has 0 saturated carbocycles. The van der Waals surface area contributed by atoms with Gasteiger partial charge in [0.1, 0.15) is 0 Å². The van der Waals surface area contributed by atoms with Gasteiger partial charge in [0, 0.05) is 19.3 Å². The Bertz CT molecular complexity index is 525. The molecule has 2 nitrogen and oxygen atoms in total. The van der Waals surface area contributed by atoms with E-state index in [1.165, 1.54) is 0 Å². The van der Waals surface area contributed by atoms with Crippen LogP contribution in [0.25, 0.3) is 0 Å². The van der Waals surface area contributed by atoms with Gasteiger partial charge in [0.2, 0.25) is 0 Å². The standard InChI is InChI=1S/C14H15F6NO.ClH/c15-13(16,17)9-1-2-10(11(7-9)14(18,19)20)12(21)8-3-5-22-6-4-8;/h1-2,7-8,12H,3-6,21H2;1H/t12-;/m0./s1. The zero-order valence-electron chi connectivity index (χ0n) is 11.9. The van der Waals surface area contributed by atoms with Gasteiger partial charge >= 0.3 is 12.4 Å². The Kier molecular flexibility index (Phi) is 6.34. The maximum atomic E-state index is 13.1. The Hall–Kier alpha value is -0.990. The highest BCUT2D eigenvalue weighted by molar-refractivity contribution is 5.85. The first-order chi connectivity index (χ1) is 10.1. The number of benzene rings is 1. The average Bonchev–Trinajstić information content (AvgIpc) is 2.45. The molecule has 132 valence electrons. The van der Waals surface area contributed by atoms with E-state index >= 15 is 0 Å². The van der Waals surface area contributed by atoms with E-state index in [1.54, 1.807) is 0 Å². The quantitative estimate of drug-likeness (QED) is 0.781. The number of hydrogen-bond acceptors (Lipinski definition) is 2. The summed E-state index contributed by atoms with van der Waals surface area (Å²) in [4.78, 5) is 0. The predicted molar refractivity (Wildman–Crippen MR) is 74.2 cm³/mol. The molecule has 23 heavy (non-hydrogen) atoms. The highest BCUT2D eigenvalue weighted by atomic mass is 35.5. The van der Waals surface area contributed by atoms with E-state index in [2.05, 4.69) is 0 Å². The third-order valence-electron chi connectivity index (χ3n) is 3.82. The maximum Gasteiger partial charge on any atom is 0.416 e. The van der Waals surface area contributed by atoms with Crippen LogP contribution in [0.15, 0.2) is 18.2 Å². The first-order valence-corrected chi connectivity index (χ1v) is 6.72. The van der Waals surface area contributed by atoms with Gasteiger partial charge in [-0.25, -0.2) is 0 Å². The zero-order chi connectivity index (χ0) is 16.5. The minimum atomic E-state index is -4.89. The summed E-state index contributed by atoms with van der Waals surface area (Å²) in [5, 5.41) is 0. The van der Waals surface area contributed by atoms with Crippen LogP contribution in [0.4, 0.5) is 26.3 Å². The van der Waals surface area contributed by atoms with Gasteiger partial charge in [-0.2, -0.15) is 26.3 Å². The molecule has 1 aromatic rings. The summed E-state index contributed by atoms with van der Waals surface area (Å²) in [6.07, 6.45) is -8.75. The largest absolute Gasteiger partial charge is 0.416 e. The molecule has 1 saturated heterocycles. The molecule has 0 amide bonds. The molecule has 0 aliphatic carbocycles. The van der Waals surface area contributed by atoms with Gasteiger partial charge in [0.05, 0.1) is 11.1 Å². The topological polar surface area (TPSA) is 35.2 Å². The highest BCUT2D eigenvalue weighted by Crippen LogP contribution is 2.41. The van der Waals surface area contributed by atoms with E-state index in [0.29, 0.717) is 32.1 Å². The second-order valence-corrected chi connectivity index (χ2v) is 5.27. The van der Waals surface area contributed by atoms with E-state index < -0.39 is 29.5 Å². The summed E-state index contributed by atoms with van der Waals surface area (Å²) >= 11 is 0. The van der Waals surface area contributed by atoms with Crippen molar-refractivity contribution in [1.82, 2.24) is 0 Å². The lowest BCUT2D eigenvalue weighted by Crippen LogP contribution is -2.29. The summed E-state index contributed by atoms with van der Waals surface area (Å²) < 4.78 is 82.3. The molecule has 1 heterocycles. The van der Waals surface area contributed by atoms with Crippen molar-refractivity contribution in [3.05, 3.63) is 34.9 Å². The van der Waals surface area contributed by atoms with Crippen LogP contribution in [0, 0.1) is 5.92 Å². The van der Waals surface area contributed by atoms with Crippen molar-refractivity contribution in [2.24, 2.45) is 11.7 Å². The van der Waals surface area contributed by atoms with Crippen LogP contribution in [0.2, 0.25) is 0 Å². The molecule has 0 spiro atoms. The van der Waals surface area contributed by atoms with Crippen LogP contribution < -0.4 is 5.73 Å². The van der Waals surface area contributed by atoms with Crippen LogP contribution in [0.5, 0.6) is 0 Å². The Morgan fingerprint density at radius 1 is 1.00 bits per heavy atom. The minimum Gasteiger partial charge on any atom is -0.381 e. The van der Waals surface area contributed by atoms with Gasteiger partial charge in [-0.05, 0) is 36.5 Å². The van der Waals surface area contributed by atoms with Gasteiger partial charge in [0.15, 0.2) is 0 Å². The SMILES string of the molecule is Cl.N[C@H](c1ccc(C(F)(F)F)cc1C(F)(F)F)C1CCOCC1. The van der Waals surface area contributed by atoms with Crippen LogP contribution in [0.3, 0.4) is 0 Å². The summed E-state index contributed by atoms with van der Waals surface area (Å²) in [5.74, 6) is -0.244. The second kappa shape index (κ2) is 7.27. The number of nitrogens with two attached hydrogens (primary N) is 1. The zero-order valence-corrected chi connectivity index (χ0v) is 12.7. The van der Waals surface area contributed by atoms with E-state index in [-0.39, 0.29) is 30.0 Å². The number of alkyl halides is 6. The van der Waals surface area contributed by atoms with Crippen LogP contribution in [-0.4, -0.2) is 13.2 Å². The lowest BCUT2D eigenvalue weighted by atomic mass is 9.85. The van der Waals surface area contributed by atoms with Gasteiger partial charge in [-0.3, -0.25) is 0 Å². The fourth-order valence-corrected chi connectivity index (χ4v) is 2.60. The first-order valence-electron chi connectivity index (χ1n) is 6.72. The lowest BCUT2D eigenvalue weighted by Gasteiger charge is -2.29. The molecule has 1 aliphatic heterocycles. The first kappa shape index (κ1) is 20.1. The lowest BCUT2D eigenvalue weighted by molar-refractivity contribution is -0.143. The number of hydrogen-bond donors (Lipinski definition) is 1. The Balaban J connectivity index is 0.00000264. The monoisotopic (exact) mass is 363 g/mol. The molecule has 1 aliphatic rings. The third-order valence-corrected chi connectivity index (χ3v) is 3.82. The van der Waals surface area contributed by atoms with E-state index in [0.717, 1.165) is 6.07 Å². The number of ether oxygens (including phenoxy) is 1. The van der Waals surface area contributed by atoms with Crippen molar-refractivity contribution in [2.45, 2.75) is 31.2 Å². The fraction of sp³-hybridized carbons (Fsp3) is 0.571. The third kappa shape index (κ3) is 4.74. The summed E-state index contributed by atoms with van der Waals surface area (Å²) in [6, 6.07) is 0.646. The Morgan fingerprint density at radius 3 is 2.04 bits per heavy atom. The van der Waals surface area contributed by atoms with Gasteiger partial charge < -0.3 is 10.5 Å². The minimum absolute atomic E-state index is 0. The number of halogens is 7. The van der Waals surface area contributed by atoms with Crippen molar-refractivity contribution in [3.63, 3.8) is 0 Å². The van der Waals surface area contributed by atoms with Crippen molar-refractivity contribution >= 4 is 12.4 Å². The molecular formula is C14H16ClF6NO. The van der Waals surface area contributed by atoms with Crippen LogP contribution in [0.1, 0.15) is 35.6 Å². The molecule has 2 rings (SSSR count). The average molecular weight is 364 g/mol. The maximum absolute atomic E-state index is 13.1. The molecule has 1 fully saturated rings. The van der Waals surface area contributed by atoms with Crippen molar-refractivity contribution in [2.75, 3.05) is 13.2 Å². The Labute approximate surface area is 135 Å². The molecular weight excluding hydrogens is 348 g/mol. The molecule has 1 aromatic carbocycles. The second-order valence-electron chi connectivity index (χ2n) is 5.27. The predicted octanol–water partition coefficient (Wildman–Crippen LogP) is 4.57. The van der Waals surface area contributed by atoms with Crippen LogP contribution >= 0.6 is 12.4 Å². The molecule has 0 aromatic heterocycles. The summed E-state index contributed by atoms with van der Waals surface area (Å²) in [7, 11) is 0. The molecule has 0 unspecified atom stereocenters. The normalized spacial score (nSPS) is 18.4.